The Bertz CT molecular complexity index is 664. The van der Waals surface area contributed by atoms with Crippen LogP contribution in [-0.2, 0) is 0 Å². The van der Waals surface area contributed by atoms with E-state index in [-0.39, 0.29) is 5.91 Å². The molecule has 0 saturated heterocycles. The molecule has 1 amide bonds. The van der Waals surface area contributed by atoms with E-state index in [2.05, 4.69) is 6.92 Å². The normalized spacial score (nSPS) is 22.4. The number of carbonyl (C=O) groups is 1. The van der Waals surface area contributed by atoms with Crippen LogP contribution in [0.1, 0.15) is 42.3 Å². The largest absolute Gasteiger partial charge is 0.399 e. The molecule has 2 atom stereocenters. The van der Waals surface area contributed by atoms with Crippen LogP contribution in [0.25, 0.3) is 10.1 Å². The first-order chi connectivity index (χ1) is 10.0. The minimum absolute atomic E-state index is 0.147. The lowest BCUT2D eigenvalue weighted by Crippen LogP contribution is -2.39. The Kier molecular flexibility index (Phi) is 3.89. The van der Waals surface area contributed by atoms with E-state index in [1.165, 1.54) is 12.8 Å². The number of nitrogens with zero attached hydrogens (tertiary/aromatic N) is 1. The van der Waals surface area contributed by atoms with Crippen molar-refractivity contribution in [3.8, 4) is 0 Å². The molecule has 0 radical (unpaired) electrons. The number of rotatable bonds is 2. The summed E-state index contributed by atoms with van der Waals surface area (Å²) in [5.74, 6) is 0.870. The first kappa shape index (κ1) is 14.4. The zero-order valence-corrected chi connectivity index (χ0v) is 13.5. The van der Waals surface area contributed by atoms with Crippen LogP contribution in [-0.4, -0.2) is 23.9 Å². The van der Waals surface area contributed by atoms with E-state index in [0.717, 1.165) is 39.4 Å². The highest BCUT2D eigenvalue weighted by Gasteiger charge is 2.26. The number of carbonyl (C=O) groups excluding carboxylic acids is 1. The summed E-state index contributed by atoms with van der Waals surface area (Å²) in [6.07, 6.45) is 4.78. The lowest BCUT2D eigenvalue weighted by molar-refractivity contribution is 0.0677. The topological polar surface area (TPSA) is 46.3 Å². The van der Waals surface area contributed by atoms with Gasteiger partial charge in [0.1, 0.15) is 0 Å². The smallest absolute Gasteiger partial charge is 0.263 e. The highest BCUT2D eigenvalue weighted by atomic mass is 32.1. The molecular formula is C17H22N2OS. The molecule has 3 rings (SSSR count). The maximum Gasteiger partial charge on any atom is 0.263 e. The summed E-state index contributed by atoms with van der Waals surface area (Å²) in [6, 6.07) is 8.18. The lowest BCUT2D eigenvalue weighted by atomic mass is 9.86. The maximum absolute atomic E-state index is 12.7. The van der Waals surface area contributed by atoms with Crippen LogP contribution in [0.15, 0.2) is 24.3 Å². The molecule has 1 fully saturated rings. The number of nitrogens with two attached hydrogens (primary N) is 1. The molecule has 2 aromatic rings. The number of nitrogen functional groups attached to an aromatic ring is 1. The van der Waals surface area contributed by atoms with E-state index >= 15 is 0 Å². The van der Waals surface area contributed by atoms with Gasteiger partial charge in [-0.1, -0.05) is 19.8 Å². The van der Waals surface area contributed by atoms with Crippen LogP contribution < -0.4 is 5.73 Å². The molecule has 1 aromatic heterocycles. The summed E-state index contributed by atoms with van der Waals surface area (Å²) in [5.41, 5.74) is 6.55. The third-order valence-corrected chi connectivity index (χ3v) is 5.63. The fourth-order valence-corrected chi connectivity index (χ4v) is 4.29. The van der Waals surface area contributed by atoms with Crippen molar-refractivity contribution in [3.63, 3.8) is 0 Å². The van der Waals surface area contributed by atoms with Crippen molar-refractivity contribution in [1.29, 1.82) is 0 Å². The average molecular weight is 302 g/mol. The molecule has 112 valence electrons. The Labute approximate surface area is 129 Å². The van der Waals surface area contributed by atoms with Gasteiger partial charge in [0, 0.05) is 23.5 Å². The zero-order valence-electron chi connectivity index (χ0n) is 12.6. The fourth-order valence-electron chi connectivity index (χ4n) is 3.26. The monoisotopic (exact) mass is 302 g/mol. The van der Waals surface area contributed by atoms with Gasteiger partial charge in [0.05, 0.1) is 4.88 Å². The Morgan fingerprint density at radius 3 is 2.90 bits per heavy atom. The molecular weight excluding hydrogens is 280 g/mol. The molecule has 4 heteroatoms. The summed E-state index contributed by atoms with van der Waals surface area (Å²) in [7, 11) is 1.95. The van der Waals surface area contributed by atoms with Gasteiger partial charge < -0.3 is 10.6 Å². The number of hydrogen-bond donors (Lipinski definition) is 1. The summed E-state index contributed by atoms with van der Waals surface area (Å²) < 4.78 is 1.12. The van der Waals surface area contributed by atoms with Gasteiger partial charge in [0.15, 0.2) is 0 Å². The van der Waals surface area contributed by atoms with Crippen molar-refractivity contribution >= 4 is 33.0 Å². The van der Waals surface area contributed by atoms with E-state index in [9.17, 15) is 4.79 Å². The van der Waals surface area contributed by atoms with Crippen LogP contribution in [0.2, 0.25) is 0 Å². The second-order valence-electron chi connectivity index (χ2n) is 6.25. The molecule has 2 unspecified atom stereocenters. The molecule has 1 saturated carbocycles. The molecule has 0 spiro atoms. The Morgan fingerprint density at radius 1 is 1.33 bits per heavy atom. The van der Waals surface area contributed by atoms with Crippen molar-refractivity contribution in [3.05, 3.63) is 29.1 Å². The fraction of sp³-hybridized carbons (Fsp3) is 0.471. The van der Waals surface area contributed by atoms with Crippen LogP contribution >= 0.6 is 11.3 Å². The van der Waals surface area contributed by atoms with Crippen LogP contribution in [0, 0.1) is 5.92 Å². The second kappa shape index (κ2) is 5.68. The van der Waals surface area contributed by atoms with Crippen molar-refractivity contribution < 1.29 is 4.79 Å². The molecule has 1 aliphatic rings. The minimum Gasteiger partial charge on any atom is -0.399 e. The minimum atomic E-state index is 0.147. The zero-order chi connectivity index (χ0) is 15.0. The standard InChI is InChI=1S/C17H22N2OS/c1-11-4-3-5-14(8-11)19(2)17(20)16-10-12-9-13(18)6-7-15(12)21-16/h6-7,9-11,14H,3-5,8,18H2,1-2H3. The molecule has 1 aliphatic carbocycles. The van der Waals surface area contributed by atoms with E-state index in [1.807, 2.05) is 36.2 Å². The summed E-state index contributed by atoms with van der Waals surface area (Å²) in [5, 5.41) is 1.06. The molecule has 1 heterocycles. The van der Waals surface area contributed by atoms with E-state index < -0.39 is 0 Å². The Hall–Kier alpha value is -1.55. The van der Waals surface area contributed by atoms with E-state index in [0.29, 0.717) is 6.04 Å². The number of benzene rings is 1. The SMILES string of the molecule is CC1CCCC(N(C)C(=O)c2cc3cc(N)ccc3s2)C1. The van der Waals surface area contributed by atoms with Crippen molar-refractivity contribution in [2.75, 3.05) is 12.8 Å². The van der Waals surface area contributed by atoms with Crippen LogP contribution in [0.5, 0.6) is 0 Å². The highest BCUT2D eigenvalue weighted by Crippen LogP contribution is 2.31. The van der Waals surface area contributed by atoms with Crippen molar-refractivity contribution in [1.82, 2.24) is 4.90 Å². The van der Waals surface area contributed by atoms with Gasteiger partial charge in [-0.05, 0) is 48.4 Å². The molecule has 0 aliphatic heterocycles. The summed E-state index contributed by atoms with van der Waals surface area (Å²) in [6.45, 7) is 2.28. The molecule has 3 nitrogen and oxygen atoms in total. The molecule has 2 N–H and O–H groups in total. The van der Waals surface area contributed by atoms with E-state index in [1.54, 1.807) is 11.3 Å². The Morgan fingerprint density at radius 2 is 2.14 bits per heavy atom. The van der Waals surface area contributed by atoms with Crippen molar-refractivity contribution in [2.24, 2.45) is 5.92 Å². The second-order valence-corrected chi connectivity index (χ2v) is 7.33. The molecule has 1 aromatic carbocycles. The average Bonchev–Trinajstić information content (AvgIpc) is 2.88. The number of thiophene rings is 1. The highest BCUT2D eigenvalue weighted by molar-refractivity contribution is 7.20. The summed E-state index contributed by atoms with van der Waals surface area (Å²) >= 11 is 1.56. The molecule has 0 bridgehead atoms. The van der Waals surface area contributed by atoms with Gasteiger partial charge in [0.2, 0.25) is 0 Å². The third kappa shape index (κ3) is 2.91. The van der Waals surface area contributed by atoms with Gasteiger partial charge in [-0.15, -0.1) is 11.3 Å². The number of amides is 1. The van der Waals surface area contributed by atoms with Gasteiger partial charge in [-0.2, -0.15) is 0 Å². The predicted molar refractivity (Wildman–Crippen MR) is 89.8 cm³/mol. The van der Waals surface area contributed by atoms with Gasteiger partial charge in [-0.3, -0.25) is 4.79 Å². The number of hydrogen-bond acceptors (Lipinski definition) is 3. The van der Waals surface area contributed by atoms with Crippen LogP contribution in [0.3, 0.4) is 0 Å². The Balaban J connectivity index is 1.82. The number of anilines is 1. The third-order valence-electron chi connectivity index (χ3n) is 4.53. The molecule has 21 heavy (non-hydrogen) atoms. The van der Waals surface area contributed by atoms with Gasteiger partial charge in [-0.25, -0.2) is 0 Å². The predicted octanol–water partition coefficient (Wildman–Crippen LogP) is 4.13. The van der Waals surface area contributed by atoms with Crippen LogP contribution in [0.4, 0.5) is 5.69 Å². The maximum atomic E-state index is 12.7. The quantitative estimate of drug-likeness (QED) is 0.848. The van der Waals surface area contributed by atoms with E-state index in [4.69, 9.17) is 5.73 Å². The summed E-state index contributed by atoms with van der Waals surface area (Å²) in [4.78, 5) is 15.5. The van der Waals surface area contributed by atoms with Gasteiger partial charge >= 0.3 is 0 Å². The number of fused-ring (bicyclic) bond motifs is 1. The first-order valence-electron chi connectivity index (χ1n) is 7.61. The lowest BCUT2D eigenvalue weighted by Gasteiger charge is -2.33. The van der Waals surface area contributed by atoms with Gasteiger partial charge in [0.25, 0.3) is 5.91 Å². The first-order valence-corrected chi connectivity index (χ1v) is 8.42. The van der Waals surface area contributed by atoms with Crippen molar-refractivity contribution in [2.45, 2.75) is 38.6 Å².